The van der Waals surface area contributed by atoms with Crippen LogP contribution in [0.1, 0.15) is 18.4 Å². The molecule has 0 spiro atoms. The van der Waals surface area contributed by atoms with Crippen molar-refractivity contribution in [1.29, 1.82) is 0 Å². The van der Waals surface area contributed by atoms with Gasteiger partial charge in [-0.25, -0.2) is 4.39 Å². The molecule has 0 amide bonds. The van der Waals surface area contributed by atoms with Crippen molar-refractivity contribution in [3.63, 3.8) is 0 Å². The molecule has 0 atom stereocenters. The Bertz CT molecular complexity index is 317. The van der Waals surface area contributed by atoms with Crippen LogP contribution in [0, 0.1) is 0 Å². The highest BCUT2D eigenvalue weighted by Crippen LogP contribution is 2.43. The first-order chi connectivity index (χ1) is 6.66. The van der Waals surface area contributed by atoms with Gasteiger partial charge in [-0.3, -0.25) is 0 Å². The van der Waals surface area contributed by atoms with E-state index in [0.717, 1.165) is 5.56 Å². The Labute approximate surface area is 82.8 Å². The van der Waals surface area contributed by atoms with Gasteiger partial charge in [0.15, 0.2) is 0 Å². The van der Waals surface area contributed by atoms with E-state index >= 15 is 0 Å². The van der Waals surface area contributed by atoms with Crippen molar-refractivity contribution in [3.05, 3.63) is 29.8 Å². The first kappa shape index (κ1) is 9.46. The molecular weight excluding hydrogens is 181 g/mol. The second-order valence-electron chi connectivity index (χ2n) is 3.88. The van der Waals surface area contributed by atoms with Crippen LogP contribution in [0.5, 0.6) is 5.75 Å². The molecule has 1 aliphatic rings. The summed E-state index contributed by atoms with van der Waals surface area (Å²) in [6.07, 6.45) is 0.346. The summed E-state index contributed by atoms with van der Waals surface area (Å²) in [5.41, 5.74) is 0.833. The molecule has 0 aliphatic heterocycles. The highest BCUT2D eigenvalue weighted by atomic mass is 19.1. The Morgan fingerprint density at radius 1 is 1.36 bits per heavy atom. The van der Waals surface area contributed by atoms with E-state index < -0.39 is 6.17 Å². The number of phenols is 1. The smallest absolute Gasteiger partial charge is 0.115 e. The number of halogens is 1. The minimum absolute atomic E-state index is 0.215. The number of phenolic OH excluding ortho intramolecular Hbond substituents is 1. The topological polar surface area (TPSA) is 32.3 Å². The number of aromatic hydroxyl groups is 1. The van der Waals surface area contributed by atoms with Crippen molar-refractivity contribution in [2.75, 3.05) is 7.05 Å². The number of rotatable bonds is 2. The van der Waals surface area contributed by atoms with Crippen molar-refractivity contribution >= 4 is 0 Å². The van der Waals surface area contributed by atoms with Gasteiger partial charge in [-0.1, -0.05) is 12.1 Å². The maximum atomic E-state index is 12.9. The zero-order valence-electron chi connectivity index (χ0n) is 8.13. The fraction of sp³-hybridized carbons (Fsp3) is 0.455. The Hall–Kier alpha value is -1.09. The second-order valence-corrected chi connectivity index (χ2v) is 3.88. The van der Waals surface area contributed by atoms with Crippen molar-refractivity contribution < 1.29 is 9.50 Å². The molecule has 1 aromatic rings. The van der Waals surface area contributed by atoms with Crippen LogP contribution in [0.3, 0.4) is 0 Å². The predicted molar refractivity (Wildman–Crippen MR) is 53.0 cm³/mol. The minimum Gasteiger partial charge on any atom is -0.508 e. The largest absolute Gasteiger partial charge is 0.508 e. The van der Waals surface area contributed by atoms with Gasteiger partial charge in [0, 0.05) is 18.4 Å². The molecule has 76 valence electrons. The first-order valence-corrected chi connectivity index (χ1v) is 4.79. The van der Waals surface area contributed by atoms with Crippen molar-refractivity contribution in [2.45, 2.75) is 24.6 Å². The fourth-order valence-electron chi connectivity index (χ4n) is 2.06. The van der Waals surface area contributed by atoms with E-state index in [1.165, 1.54) is 0 Å². The third kappa shape index (κ3) is 1.38. The molecule has 0 heterocycles. The van der Waals surface area contributed by atoms with E-state index in [1.807, 2.05) is 19.2 Å². The average molecular weight is 195 g/mol. The lowest BCUT2D eigenvalue weighted by Gasteiger charge is -2.44. The molecule has 1 aliphatic carbocycles. The van der Waals surface area contributed by atoms with Gasteiger partial charge in [0.25, 0.3) is 0 Å². The van der Waals surface area contributed by atoms with Crippen LogP contribution in [0.4, 0.5) is 4.39 Å². The summed E-state index contributed by atoms with van der Waals surface area (Å²) in [7, 11) is 1.85. The Kier molecular flexibility index (Phi) is 2.19. The van der Waals surface area contributed by atoms with Gasteiger partial charge in [0.2, 0.25) is 0 Å². The van der Waals surface area contributed by atoms with E-state index in [9.17, 15) is 4.39 Å². The maximum Gasteiger partial charge on any atom is 0.115 e. The van der Waals surface area contributed by atoms with Crippen molar-refractivity contribution in [1.82, 2.24) is 5.32 Å². The predicted octanol–water partition coefficient (Wildman–Crippen LogP) is 1.94. The van der Waals surface area contributed by atoms with Crippen LogP contribution in [0.15, 0.2) is 24.3 Å². The van der Waals surface area contributed by atoms with Crippen LogP contribution in [-0.4, -0.2) is 18.3 Å². The van der Waals surface area contributed by atoms with Gasteiger partial charge >= 0.3 is 0 Å². The molecule has 1 aromatic carbocycles. The van der Waals surface area contributed by atoms with Crippen molar-refractivity contribution in [3.8, 4) is 5.75 Å². The molecule has 2 nitrogen and oxygen atoms in total. The third-order valence-corrected chi connectivity index (χ3v) is 3.04. The monoisotopic (exact) mass is 195 g/mol. The van der Waals surface area contributed by atoms with Gasteiger partial charge < -0.3 is 10.4 Å². The quantitative estimate of drug-likeness (QED) is 0.755. The number of alkyl halides is 1. The number of hydrogen-bond donors (Lipinski definition) is 2. The molecule has 0 bridgehead atoms. The first-order valence-electron chi connectivity index (χ1n) is 4.79. The minimum atomic E-state index is -0.698. The van der Waals surface area contributed by atoms with Crippen LogP contribution in [0.25, 0.3) is 0 Å². The summed E-state index contributed by atoms with van der Waals surface area (Å²) >= 11 is 0. The molecule has 0 radical (unpaired) electrons. The third-order valence-electron chi connectivity index (χ3n) is 3.04. The highest BCUT2D eigenvalue weighted by molar-refractivity contribution is 5.33. The molecular formula is C11H14FNO. The normalized spacial score (nSPS) is 31.1. The maximum absolute atomic E-state index is 12.9. The second kappa shape index (κ2) is 3.24. The molecule has 1 saturated carbocycles. The molecule has 0 saturated heterocycles. The van der Waals surface area contributed by atoms with Gasteiger partial charge in [-0.15, -0.1) is 0 Å². The number of benzene rings is 1. The van der Waals surface area contributed by atoms with Crippen molar-refractivity contribution in [2.24, 2.45) is 0 Å². The molecule has 0 aromatic heterocycles. The van der Waals surface area contributed by atoms with Crippen LogP contribution in [0.2, 0.25) is 0 Å². The molecule has 3 heteroatoms. The van der Waals surface area contributed by atoms with E-state index in [2.05, 4.69) is 5.32 Å². The summed E-state index contributed by atoms with van der Waals surface area (Å²) in [5.74, 6) is 0.246. The van der Waals surface area contributed by atoms with Gasteiger partial charge in [0.1, 0.15) is 11.9 Å². The summed E-state index contributed by atoms with van der Waals surface area (Å²) in [6.45, 7) is 0. The summed E-state index contributed by atoms with van der Waals surface area (Å²) in [6, 6.07) is 6.97. The van der Waals surface area contributed by atoms with E-state index in [-0.39, 0.29) is 11.3 Å². The van der Waals surface area contributed by atoms with Crippen LogP contribution < -0.4 is 5.32 Å². The number of hydrogen-bond acceptors (Lipinski definition) is 2. The Balaban J connectivity index is 2.25. The number of nitrogens with one attached hydrogen (secondary N) is 1. The van der Waals surface area contributed by atoms with E-state index in [4.69, 9.17) is 5.11 Å². The molecule has 2 N–H and O–H groups in total. The van der Waals surface area contributed by atoms with Gasteiger partial charge in [-0.2, -0.15) is 0 Å². The Morgan fingerprint density at radius 2 is 1.93 bits per heavy atom. The lowest BCUT2D eigenvalue weighted by atomic mass is 9.70. The molecule has 14 heavy (non-hydrogen) atoms. The molecule has 1 fully saturated rings. The lowest BCUT2D eigenvalue weighted by molar-refractivity contribution is 0.0717. The fourth-order valence-corrected chi connectivity index (χ4v) is 2.06. The van der Waals surface area contributed by atoms with E-state index in [0.29, 0.717) is 12.8 Å². The van der Waals surface area contributed by atoms with Crippen LogP contribution >= 0.6 is 0 Å². The Morgan fingerprint density at radius 3 is 2.36 bits per heavy atom. The summed E-state index contributed by atoms with van der Waals surface area (Å²) < 4.78 is 12.9. The van der Waals surface area contributed by atoms with E-state index in [1.54, 1.807) is 12.1 Å². The van der Waals surface area contributed by atoms with Gasteiger partial charge in [-0.05, 0) is 24.7 Å². The lowest BCUT2D eigenvalue weighted by Crippen LogP contribution is -2.52. The highest BCUT2D eigenvalue weighted by Gasteiger charge is 2.44. The molecule has 0 unspecified atom stereocenters. The summed E-state index contributed by atoms with van der Waals surface area (Å²) in [5, 5.41) is 12.3. The SMILES string of the molecule is CNC1(c2ccc(O)cc2)CC(F)C1. The zero-order chi connectivity index (χ0) is 10.2. The van der Waals surface area contributed by atoms with Gasteiger partial charge in [0.05, 0.1) is 0 Å². The molecule has 2 rings (SSSR count). The summed E-state index contributed by atoms with van der Waals surface area (Å²) in [4.78, 5) is 0. The average Bonchev–Trinajstić information content (AvgIpc) is 2.14. The van der Waals surface area contributed by atoms with Crippen LogP contribution in [-0.2, 0) is 5.54 Å². The standard InChI is InChI=1S/C11H14FNO/c1-13-11(6-9(12)7-11)8-2-4-10(14)5-3-8/h2-5,9,13-14H,6-7H2,1H3. The zero-order valence-corrected chi connectivity index (χ0v) is 8.13.